The molecule has 0 amide bonds. The number of benzene rings is 1. The van der Waals surface area contributed by atoms with E-state index in [1.165, 1.54) is 12.1 Å². The van der Waals surface area contributed by atoms with Crippen LogP contribution in [0.25, 0.3) is 0 Å². The van der Waals surface area contributed by atoms with E-state index >= 15 is 0 Å². The fourth-order valence-electron chi connectivity index (χ4n) is 1.28. The second-order valence-electron chi connectivity index (χ2n) is 3.57. The van der Waals surface area contributed by atoms with E-state index in [1.54, 1.807) is 0 Å². The predicted molar refractivity (Wildman–Crippen MR) is 55.6 cm³/mol. The van der Waals surface area contributed by atoms with Gasteiger partial charge in [0.1, 0.15) is 12.4 Å². The first kappa shape index (κ1) is 14.3. The fourth-order valence-corrected chi connectivity index (χ4v) is 1.28. The SMILES string of the molecule is O=C(O)c1ccc(CCOCC(F)(F)F)c(O)c1. The van der Waals surface area contributed by atoms with Crippen LogP contribution in [0.3, 0.4) is 0 Å². The molecule has 2 N–H and O–H groups in total. The number of ether oxygens (including phenoxy) is 1. The second-order valence-corrected chi connectivity index (χ2v) is 3.57. The Morgan fingerprint density at radius 3 is 2.50 bits per heavy atom. The Morgan fingerprint density at radius 2 is 2.00 bits per heavy atom. The Labute approximate surface area is 101 Å². The van der Waals surface area contributed by atoms with Crippen LogP contribution in [0, 0.1) is 0 Å². The van der Waals surface area contributed by atoms with Crippen LogP contribution in [0.5, 0.6) is 5.75 Å². The van der Waals surface area contributed by atoms with Gasteiger partial charge in [0.2, 0.25) is 0 Å². The van der Waals surface area contributed by atoms with Crippen molar-refractivity contribution in [3.8, 4) is 5.75 Å². The van der Waals surface area contributed by atoms with Crippen LogP contribution in [0.15, 0.2) is 18.2 Å². The molecule has 0 atom stereocenters. The minimum atomic E-state index is -4.38. The van der Waals surface area contributed by atoms with E-state index in [4.69, 9.17) is 5.11 Å². The molecule has 4 nitrogen and oxygen atoms in total. The van der Waals surface area contributed by atoms with Gasteiger partial charge in [0.05, 0.1) is 12.2 Å². The monoisotopic (exact) mass is 264 g/mol. The standard InChI is InChI=1S/C11H11F3O4/c12-11(13,14)6-18-4-3-7-1-2-8(10(16)17)5-9(7)15/h1-2,5,15H,3-4,6H2,(H,16,17). The number of halogens is 3. The van der Waals surface area contributed by atoms with Crippen molar-refractivity contribution >= 4 is 5.97 Å². The molecule has 0 aliphatic rings. The lowest BCUT2D eigenvalue weighted by Crippen LogP contribution is -2.18. The van der Waals surface area contributed by atoms with E-state index < -0.39 is 18.8 Å². The molecule has 0 spiro atoms. The number of carbonyl (C=O) groups is 1. The van der Waals surface area contributed by atoms with Crippen LogP contribution in [-0.2, 0) is 11.2 Å². The lowest BCUT2D eigenvalue weighted by atomic mass is 10.1. The zero-order valence-electron chi connectivity index (χ0n) is 9.20. The summed E-state index contributed by atoms with van der Waals surface area (Å²) < 4.78 is 39.7. The predicted octanol–water partition coefficient (Wildman–Crippen LogP) is 2.21. The number of hydrogen-bond donors (Lipinski definition) is 2. The highest BCUT2D eigenvalue weighted by atomic mass is 19.4. The smallest absolute Gasteiger partial charge is 0.411 e. The van der Waals surface area contributed by atoms with E-state index in [2.05, 4.69) is 4.74 Å². The number of phenols is 1. The minimum absolute atomic E-state index is 0.0712. The third kappa shape index (κ3) is 4.62. The topological polar surface area (TPSA) is 66.8 Å². The average molecular weight is 264 g/mol. The summed E-state index contributed by atoms with van der Waals surface area (Å²) in [7, 11) is 0. The van der Waals surface area contributed by atoms with Crippen LogP contribution in [0.2, 0.25) is 0 Å². The van der Waals surface area contributed by atoms with Crippen LogP contribution in [-0.4, -0.2) is 35.6 Å². The number of phenolic OH excluding ortho intramolecular Hbond substituents is 1. The quantitative estimate of drug-likeness (QED) is 0.800. The van der Waals surface area contributed by atoms with E-state index in [0.717, 1.165) is 6.07 Å². The lowest BCUT2D eigenvalue weighted by Gasteiger charge is -2.08. The van der Waals surface area contributed by atoms with Gasteiger partial charge in [-0.05, 0) is 24.1 Å². The molecule has 7 heteroatoms. The zero-order valence-corrected chi connectivity index (χ0v) is 9.20. The third-order valence-corrected chi connectivity index (χ3v) is 2.11. The number of aromatic hydroxyl groups is 1. The minimum Gasteiger partial charge on any atom is -0.508 e. The van der Waals surface area contributed by atoms with E-state index in [9.17, 15) is 23.1 Å². The first-order valence-corrected chi connectivity index (χ1v) is 4.99. The maximum Gasteiger partial charge on any atom is 0.411 e. The Hall–Kier alpha value is -1.76. The first-order valence-electron chi connectivity index (χ1n) is 4.99. The average Bonchev–Trinajstić information content (AvgIpc) is 2.24. The summed E-state index contributed by atoms with van der Waals surface area (Å²) in [5.74, 6) is -1.46. The summed E-state index contributed by atoms with van der Waals surface area (Å²) in [5, 5.41) is 18.1. The molecule has 1 rings (SSSR count). The van der Waals surface area contributed by atoms with Crippen molar-refractivity contribution in [1.82, 2.24) is 0 Å². The van der Waals surface area contributed by atoms with Gasteiger partial charge < -0.3 is 14.9 Å². The lowest BCUT2D eigenvalue weighted by molar-refractivity contribution is -0.173. The Bertz CT molecular complexity index is 429. The Morgan fingerprint density at radius 1 is 1.33 bits per heavy atom. The number of carboxylic acids is 1. The van der Waals surface area contributed by atoms with E-state index in [1.807, 2.05) is 0 Å². The van der Waals surface area contributed by atoms with Gasteiger partial charge in [0.25, 0.3) is 0 Å². The van der Waals surface area contributed by atoms with Crippen molar-refractivity contribution < 1.29 is 32.9 Å². The molecule has 0 unspecified atom stereocenters. The van der Waals surface area contributed by atoms with Crippen molar-refractivity contribution in [1.29, 1.82) is 0 Å². The van der Waals surface area contributed by atoms with Gasteiger partial charge in [-0.1, -0.05) is 6.07 Å². The molecule has 0 aromatic heterocycles. The molecule has 0 bridgehead atoms. The van der Waals surface area contributed by atoms with Crippen molar-refractivity contribution in [2.45, 2.75) is 12.6 Å². The van der Waals surface area contributed by atoms with Gasteiger partial charge >= 0.3 is 12.1 Å². The summed E-state index contributed by atoms with van der Waals surface area (Å²) in [6, 6.07) is 3.65. The van der Waals surface area contributed by atoms with Crippen molar-refractivity contribution in [2.24, 2.45) is 0 Å². The first-order chi connectivity index (χ1) is 8.29. The van der Waals surface area contributed by atoms with Crippen LogP contribution in [0.4, 0.5) is 13.2 Å². The van der Waals surface area contributed by atoms with Crippen molar-refractivity contribution in [3.05, 3.63) is 29.3 Å². The summed E-state index contributed by atoms with van der Waals surface area (Å²) >= 11 is 0. The zero-order chi connectivity index (χ0) is 13.8. The summed E-state index contributed by atoms with van der Waals surface area (Å²) in [4.78, 5) is 10.6. The van der Waals surface area contributed by atoms with Gasteiger partial charge in [-0.3, -0.25) is 0 Å². The molecule has 0 radical (unpaired) electrons. The fraction of sp³-hybridized carbons (Fsp3) is 0.364. The molecular formula is C11H11F3O4. The molecule has 0 heterocycles. The molecule has 0 aliphatic heterocycles. The molecule has 100 valence electrons. The maximum absolute atomic E-state index is 11.8. The number of rotatable bonds is 5. The number of aromatic carboxylic acids is 1. The molecule has 1 aromatic rings. The molecule has 0 aliphatic carbocycles. The van der Waals surface area contributed by atoms with Gasteiger partial charge in [-0.25, -0.2) is 4.79 Å². The normalized spacial score (nSPS) is 11.5. The Kier molecular flexibility index (Phi) is 4.55. The van der Waals surface area contributed by atoms with Gasteiger partial charge in [-0.15, -0.1) is 0 Å². The maximum atomic E-state index is 11.8. The molecule has 1 aromatic carbocycles. The number of hydrogen-bond acceptors (Lipinski definition) is 3. The number of alkyl halides is 3. The van der Waals surface area contributed by atoms with Gasteiger partial charge in [0, 0.05) is 0 Å². The molecule has 0 saturated heterocycles. The summed E-state index contributed by atoms with van der Waals surface area (Å²) in [6.45, 7) is -1.56. The summed E-state index contributed by atoms with van der Waals surface area (Å²) in [6.07, 6.45) is -4.31. The molecule has 18 heavy (non-hydrogen) atoms. The van der Waals surface area contributed by atoms with Crippen molar-refractivity contribution in [3.63, 3.8) is 0 Å². The van der Waals surface area contributed by atoms with Gasteiger partial charge in [0.15, 0.2) is 0 Å². The summed E-state index contributed by atoms with van der Waals surface area (Å²) in [5.41, 5.74) is 0.245. The van der Waals surface area contributed by atoms with Crippen LogP contribution >= 0.6 is 0 Å². The number of carboxylic acid groups (broad SMARTS) is 1. The highest BCUT2D eigenvalue weighted by Crippen LogP contribution is 2.20. The van der Waals surface area contributed by atoms with E-state index in [-0.39, 0.29) is 24.3 Å². The largest absolute Gasteiger partial charge is 0.508 e. The van der Waals surface area contributed by atoms with Crippen LogP contribution in [0.1, 0.15) is 15.9 Å². The van der Waals surface area contributed by atoms with Crippen molar-refractivity contribution in [2.75, 3.05) is 13.2 Å². The van der Waals surface area contributed by atoms with Gasteiger partial charge in [-0.2, -0.15) is 13.2 Å². The molecule has 0 fully saturated rings. The molecule has 0 saturated carbocycles. The van der Waals surface area contributed by atoms with E-state index in [0.29, 0.717) is 5.56 Å². The highest BCUT2D eigenvalue weighted by Gasteiger charge is 2.27. The third-order valence-electron chi connectivity index (χ3n) is 2.11. The second kappa shape index (κ2) is 5.72. The highest BCUT2D eigenvalue weighted by molar-refractivity contribution is 5.88. The Balaban J connectivity index is 2.51. The molecular weight excluding hydrogens is 253 g/mol. The van der Waals surface area contributed by atoms with Crippen LogP contribution < -0.4 is 0 Å².